The van der Waals surface area contributed by atoms with Crippen LogP contribution in [-0.4, -0.2) is 35.4 Å². The molecule has 0 bridgehead atoms. The normalized spacial score (nSPS) is 24.2. The Morgan fingerprint density at radius 2 is 2.22 bits per heavy atom. The second kappa shape index (κ2) is 4.23. The van der Waals surface area contributed by atoms with Gasteiger partial charge >= 0.3 is 12.2 Å². The van der Waals surface area contributed by atoms with Crippen molar-refractivity contribution in [1.82, 2.24) is 15.5 Å². The van der Waals surface area contributed by atoms with Crippen LogP contribution in [0.25, 0.3) is 0 Å². The van der Waals surface area contributed by atoms with Crippen molar-refractivity contribution in [2.75, 3.05) is 18.4 Å². The van der Waals surface area contributed by atoms with Gasteiger partial charge in [-0.3, -0.25) is 10.1 Å². The van der Waals surface area contributed by atoms with Crippen LogP contribution in [0.15, 0.2) is 4.42 Å². The fourth-order valence-electron chi connectivity index (χ4n) is 1.82. The van der Waals surface area contributed by atoms with E-state index in [0.717, 1.165) is 0 Å². The molecule has 0 saturated carbocycles. The molecule has 0 spiro atoms. The first-order valence-corrected chi connectivity index (χ1v) is 5.24. The third kappa shape index (κ3) is 2.05. The number of carbonyl (C=O) groups is 1. The van der Waals surface area contributed by atoms with Crippen LogP contribution in [0, 0.1) is 12.3 Å². The Bertz CT molecular complexity index is 451. The summed E-state index contributed by atoms with van der Waals surface area (Å²) in [7, 11) is 0. The Hall–Kier alpha value is -1.64. The summed E-state index contributed by atoms with van der Waals surface area (Å²) in [5.74, 6) is -1.01. The molecule has 2 rings (SSSR count). The van der Waals surface area contributed by atoms with E-state index in [4.69, 9.17) is 4.42 Å². The summed E-state index contributed by atoms with van der Waals surface area (Å²) < 4.78 is 43.8. The third-order valence-corrected chi connectivity index (χ3v) is 2.88. The van der Waals surface area contributed by atoms with E-state index in [2.05, 4.69) is 15.5 Å². The standard InChI is InChI=1S/C9H11F3N4O2/c1-5-15-16-7(18-5)14-6(17)8(9(10,11)12)2-3-13-4-8/h13H,2-4H2,1H3,(H,14,16,17). The highest BCUT2D eigenvalue weighted by Gasteiger charge is 2.61. The van der Waals surface area contributed by atoms with Gasteiger partial charge in [0.2, 0.25) is 11.8 Å². The zero-order valence-electron chi connectivity index (χ0n) is 9.47. The van der Waals surface area contributed by atoms with E-state index in [0.29, 0.717) is 0 Å². The van der Waals surface area contributed by atoms with Crippen LogP contribution in [0.1, 0.15) is 12.3 Å². The first-order chi connectivity index (χ1) is 8.35. The van der Waals surface area contributed by atoms with Gasteiger partial charge in [0.15, 0.2) is 5.41 Å². The molecule has 9 heteroatoms. The molecular weight excluding hydrogens is 253 g/mol. The van der Waals surface area contributed by atoms with E-state index in [1.807, 2.05) is 5.32 Å². The summed E-state index contributed by atoms with van der Waals surface area (Å²) in [4.78, 5) is 11.8. The molecule has 1 aromatic heterocycles. The van der Waals surface area contributed by atoms with E-state index in [-0.39, 0.29) is 24.9 Å². The first kappa shape index (κ1) is 12.8. The largest absolute Gasteiger partial charge is 0.408 e. The second-order valence-electron chi connectivity index (χ2n) is 4.09. The lowest BCUT2D eigenvalue weighted by Gasteiger charge is -2.28. The van der Waals surface area contributed by atoms with E-state index in [1.165, 1.54) is 6.92 Å². The van der Waals surface area contributed by atoms with Crippen molar-refractivity contribution in [3.8, 4) is 0 Å². The van der Waals surface area contributed by atoms with Gasteiger partial charge in [-0.2, -0.15) is 13.2 Å². The molecule has 18 heavy (non-hydrogen) atoms. The molecule has 2 N–H and O–H groups in total. The number of anilines is 1. The van der Waals surface area contributed by atoms with Gasteiger partial charge in [0.25, 0.3) is 0 Å². The Morgan fingerprint density at radius 3 is 2.67 bits per heavy atom. The van der Waals surface area contributed by atoms with Crippen molar-refractivity contribution in [3.05, 3.63) is 5.89 Å². The number of halogens is 3. The van der Waals surface area contributed by atoms with Gasteiger partial charge in [-0.25, -0.2) is 0 Å². The van der Waals surface area contributed by atoms with Crippen LogP contribution in [-0.2, 0) is 4.79 Å². The summed E-state index contributed by atoms with van der Waals surface area (Å²) >= 11 is 0. The first-order valence-electron chi connectivity index (χ1n) is 5.24. The molecule has 6 nitrogen and oxygen atoms in total. The van der Waals surface area contributed by atoms with Crippen LogP contribution in [0.3, 0.4) is 0 Å². The van der Waals surface area contributed by atoms with Crippen molar-refractivity contribution >= 4 is 11.9 Å². The number of hydrogen-bond acceptors (Lipinski definition) is 5. The smallest absolute Gasteiger partial charge is 0.404 e. The van der Waals surface area contributed by atoms with Gasteiger partial charge < -0.3 is 9.73 Å². The van der Waals surface area contributed by atoms with Gasteiger partial charge in [0.05, 0.1) is 0 Å². The lowest BCUT2D eigenvalue weighted by atomic mass is 9.85. The minimum atomic E-state index is -4.63. The van der Waals surface area contributed by atoms with Crippen molar-refractivity contribution in [2.24, 2.45) is 5.41 Å². The molecule has 0 aliphatic carbocycles. The van der Waals surface area contributed by atoms with Gasteiger partial charge in [0.1, 0.15) is 0 Å². The Kier molecular flexibility index (Phi) is 3.01. The predicted octanol–water partition coefficient (Wildman–Crippen LogP) is 0.859. The zero-order chi connectivity index (χ0) is 13.4. The average Bonchev–Trinajstić information content (AvgIpc) is 2.86. The molecule has 1 fully saturated rings. The number of carbonyl (C=O) groups excluding carboxylic acids is 1. The maximum absolute atomic E-state index is 13.0. The molecule has 1 atom stereocenters. The molecule has 0 radical (unpaired) electrons. The van der Waals surface area contributed by atoms with Gasteiger partial charge in [0, 0.05) is 13.5 Å². The van der Waals surface area contributed by atoms with Crippen LogP contribution in [0.5, 0.6) is 0 Å². The number of rotatable bonds is 2. The lowest BCUT2D eigenvalue weighted by Crippen LogP contribution is -2.49. The van der Waals surface area contributed by atoms with Crippen molar-refractivity contribution in [2.45, 2.75) is 19.5 Å². The predicted molar refractivity (Wildman–Crippen MR) is 53.6 cm³/mol. The minimum Gasteiger partial charge on any atom is -0.408 e. The quantitative estimate of drug-likeness (QED) is 0.828. The van der Waals surface area contributed by atoms with Crippen LogP contribution in [0.2, 0.25) is 0 Å². The van der Waals surface area contributed by atoms with Gasteiger partial charge in [-0.15, -0.1) is 5.10 Å². The summed E-state index contributed by atoms with van der Waals surface area (Å²) in [5, 5.41) is 11.4. The molecule has 2 heterocycles. The molecule has 1 unspecified atom stereocenters. The Balaban J connectivity index is 2.20. The van der Waals surface area contributed by atoms with E-state index >= 15 is 0 Å². The monoisotopic (exact) mass is 264 g/mol. The number of amides is 1. The SMILES string of the molecule is Cc1nnc(NC(=O)C2(C(F)(F)F)CCNC2)o1. The number of alkyl halides is 3. The molecule has 1 saturated heterocycles. The topological polar surface area (TPSA) is 80.0 Å². The molecule has 1 amide bonds. The highest BCUT2D eigenvalue weighted by atomic mass is 19.4. The van der Waals surface area contributed by atoms with Crippen molar-refractivity contribution in [3.63, 3.8) is 0 Å². The summed E-state index contributed by atoms with van der Waals surface area (Å²) in [6.45, 7) is 1.16. The minimum absolute atomic E-state index is 0.135. The molecular formula is C9H11F3N4O2. The second-order valence-corrected chi connectivity index (χ2v) is 4.09. The van der Waals surface area contributed by atoms with E-state index in [9.17, 15) is 18.0 Å². The molecule has 100 valence electrons. The summed E-state index contributed by atoms with van der Waals surface area (Å²) in [5.41, 5.74) is -2.44. The van der Waals surface area contributed by atoms with Crippen LogP contribution in [0.4, 0.5) is 19.2 Å². The maximum atomic E-state index is 13.0. The fourth-order valence-corrected chi connectivity index (χ4v) is 1.82. The number of nitrogens with one attached hydrogen (secondary N) is 2. The molecule has 1 aromatic rings. The Labute approximate surface area is 99.9 Å². The van der Waals surface area contributed by atoms with Crippen LogP contribution < -0.4 is 10.6 Å². The third-order valence-electron chi connectivity index (χ3n) is 2.88. The fraction of sp³-hybridized carbons (Fsp3) is 0.667. The van der Waals surface area contributed by atoms with Crippen molar-refractivity contribution < 1.29 is 22.4 Å². The number of nitrogens with zero attached hydrogens (tertiary/aromatic N) is 2. The van der Waals surface area contributed by atoms with Crippen LogP contribution >= 0.6 is 0 Å². The van der Waals surface area contributed by atoms with E-state index < -0.39 is 24.0 Å². The lowest BCUT2D eigenvalue weighted by molar-refractivity contribution is -0.213. The molecule has 1 aliphatic rings. The number of aromatic nitrogens is 2. The highest BCUT2D eigenvalue weighted by molar-refractivity contribution is 5.94. The highest BCUT2D eigenvalue weighted by Crippen LogP contribution is 2.43. The van der Waals surface area contributed by atoms with E-state index in [1.54, 1.807) is 0 Å². The Morgan fingerprint density at radius 1 is 1.50 bits per heavy atom. The summed E-state index contributed by atoms with van der Waals surface area (Å²) in [6.07, 6.45) is -4.94. The number of aryl methyl sites for hydroxylation is 1. The maximum Gasteiger partial charge on any atom is 0.404 e. The van der Waals surface area contributed by atoms with Gasteiger partial charge in [-0.1, -0.05) is 5.10 Å². The van der Waals surface area contributed by atoms with Crippen molar-refractivity contribution in [1.29, 1.82) is 0 Å². The molecule has 0 aromatic carbocycles. The number of hydrogen-bond donors (Lipinski definition) is 2. The summed E-state index contributed by atoms with van der Waals surface area (Å²) in [6, 6.07) is -0.326. The average molecular weight is 264 g/mol. The zero-order valence-corrected chi connectivity index (χ0v) is 9.47. The van der Waals surface area contributed by atoms with Gasteiger partial charge in [-0.05, 0) is 13.0 Å². The molecule has 1 aliphatic heterocycles.